The second kappa shape index (κ2) is 48.6. The van der Waals surface area contributed by atoms with Crippen molar-refractivity contribution in [1.82, 2.24) is 0 Å². The second-order valence-electron chi connectivity index (χ2n) is 15.4. The van der Waals surface area contributed by atoms with E-state index in [1.807, 2.05) is 0 Å². The third-order valence-electron chi connectivity index (χ3n) is 9.32. The summed E-state index contributed by atoms with van der Waals surface area (Å²) >= 11 is 10.6. The van der Waals surface area contributed by atoms with Crippen LogP contribution in [0.3, 0.4) is 0 Å². The first kappa shape index (κ1) is 32.1. The Balaban J connectivity index is 0.00000135. The van der Waals surface area contributed by atoms with E-state index in [-0.39, 0.29) is 145 Å². The van der Waals surface area contributed by atoms with Crippen LogP contribution < -0.4 is 50.9 Å². The van der Waals surface area contributed by atoms with Crippen molar-refractivity contribution in [1.29, 1.82) is 0 Å². The van der Waals surface area contributed by atoms with Gasteiger partial charge in [-0.2, -0.15) is 11.8 Å². The molecule has 1 nitrogen and oxygen atoms in total. The van der Waals surface area contributed by atoms with E-state index in [0.717, 1.165) is 38.5 Å². The molecule has 1 aliphatic carbocycles. The Morgan fingerprint density at radius 3 is 1.25 bits per heavy atom. The molecule has 415 valence electrons. The van der Waals surface area contributed by atoms with E-state index in [4.69, 9.17) is 53.5 Å². The molecule has 12 heteroatoms. The largest absolute Gasteiger partial charge is 1.00 e. The van der Waals surface area contributed by atoms with Crippen LogP contribution in [0, 0.1) is 27.6 Å². The molecule has 10 rings (SSSR count). The predicted molar refractivity (Wildman–Crippen MR) is 348 cm³/mol. The van der Waals surface area contributed by atoms with Crippen LogP contribution in [0.25, 0.3) is 6.05 Å². The Bertz CT molecular complexity index is 3730. The van der Waals surface area contributed by atoms with Gasteiger partial charge in [0.25, 0.3) is 0 Å². The van der Waals surface area contributed by atoms with Gasteiger partial charge >= 0.3 is 24.8 Å². The van der Waals surface area contributed by atoms with Crippen molar-refractivity contribution in [3.05, 3.63) is 183 Å². The minimum atomic E-state index is -2.83. The van der Waals surface area contributed by atoms with Gasteiger partial charge in [-0.15, -0.1) is 0 Å². The van der Waals surface area contributed by atoms with Crippen molar-refractivity contribution in [2.75, 3.05) is 46.0 Å². The molecule has 5 aliphatic rings. The molecule has 4 heterocycles. The quantitative estimate of drug-likeness (QED) is 0.0637. The molecule has 5 fully saturated rings. The summed E-state index contributed by atoms with van der Waals surface area (Å²) in [5, 5.41) is -6.17. The molecule has 1 unspecified atom stereocenters. The molecule has 75 heavy (non-hydrogen) atoms. The molecular formula is C63H90BBr5NS5. The molecule has 0 N–H and O–H groups in total. The zero-order valence-electron chi connectivity index (χ0n) is 81.4. The summed E-state index contributed by atoms with van der Waals surface area (Å²) in [6.07, 6.45) is 11.0. The SMILES string of the molecule is C1CC1.C1CCSC1.[2H]/C(C)=C(/[2H])c1c([2H])c([2H])c(C)c([2H])c1[2H].[2H]c1c([2H])c(C([2H])([2H])Br)c([2H])c([2H])c1C([2H])([2H])Br.[2H]c1c([2H])c(C([2H])([2H])[2H])c([2H])c([2H])c1C([2H])([2H])[2H].[2H]c1c([2H])c(C([2H])([2H])[S+]2CCCC2)c([2H])c([2H])c1C([2H])([2H])[S+]1CCCC1.[2H]c1c([2H])c(C([2H])([S+]2CCCC2)C([2H])([2H])C)c([2H])c([2H])c1C.[B]=NS.[Br-].[Br-].[Br-]. The van der Waals surface area contributed by atoms with Crippen LogP contribution in [0.5, 0.6) is 0 Å². The summed E-state index contributed by atoms with van der Waals surface area (Å²) < 4.78 is 307. The van der Waals surface area contributed by atoms with E-state index in [1.165, 1.54) is 71.3 Å². The Kier molecular flexibility index (Phi) is 20.8. The zero-order valence-corrected chi connectivity index (χ0v) is 54.5. The van der Waals surface area contributed by atoms with Crippen molar-refractivity contribution in [2.24, 2.45) is 4.30 Å². The number of alkyl halides is 2. The van der Waals surface area contributed by atoms with Gasteiger partial charge in [0.1, 0.15) is 51.2 Å². The molecule has 5 aromatic rings. The summed E-state index contributed by atoms with van der Waals surface area (Å²) in [5.74, 6) is 7.09. The van der Waals surface area contributed by atoms with Crippen molar-refractivity contribution in [2.45, 2.75) is 146 Å². The smallest absolute Gasteiger partial charge is 1.00 e. The van der Waals surface area contributed by atoms with Gasteiger partial charge in [0.2, 0.25) is 0 Å². The molecule has 1 radical (unpaired) electrons. The zero-order chi connectivity index (χ0) is 86.1. The number of hydrogen-bond acceptors (Lipinski definition) is 3. The third kappa shape index (κ3) is 36.8. The van der Waals surface area contributed by atoms with Crippen molar-refractivity contribution >= 4 is 103 Å². The maximum Gasteiger partial charge on any atom is -1.00 e. The standard InChI is InChI=1S/C16H24S2.C14H21S.C10H12.C8H8Br2.C8H10.C4H8S.C3H6.BHNS.3BrH/c1-2-10-17(9-1)13-15-5-7-16(8-6-15)14-18-11-3-4-12-18;1-3-14(15-10-4-5-11-15)13-8-6-12(2)7-9-13;1-3-4-10-7-5-9(2)6-8-10;9-5-7-1-2-8(6-10)4-3-7;1-7-3-5-8(2)6-4-7;1-2-4-5-3-1;1-2-3-1;1-2-3;;;/h5-8H,1-4,9-14H2;6-9,14H,3-5,10-11H2,1-2H3;3-8H,1-2H3;1-4H,5-6H2;3-6H,1-2H3;1-4H2;1-3H2;3H;3*1H/q+2;+1;;;;;;;;;/p-3/b;;4-3+;;;;;;;;/i5D,6D,7D,8D,13D2,14D2;3D2,6D,7D,8D,9D,14D;3D,4D,5D,6D,7D,8D;1D,2D,3D,4D,5D2,6D2;1D3,2D3,3D,4D,5D,6D;;;;;;. The number of thiol groups is 1. The second-order valence-corrected chi connectivity index (χ2v) is 23.9. The number of hydrogen-bond donors (Lipinski definition) is 1. The van der Waals surface area contributed by atoms with Gasteiger partial charge in [-0.3, -0.25) is 0 Å². The summed E-state index contributed by atoms with van der Waals surface area (Å²) in [6, 6.07) is -9.37. The van der Waals surface area contributed by atoms with E-state index < -0.39 is 175 Å². The minimum absolute atomic E-state index is 0. The maximum atomic E-state index is 8.89. The molecule has 4 saturated heterocycles. The third-order valence-corrected chi connectivity index (χ3v) is 17.9. The Labute approximate surface area is 582 Å². The van der Waals surface area contributed by atoms with E-state index in [9.17, 15) is 0 Å². The first-order valence-electron chi connectivity index (χ1n) is 42.8. The van der Waals surface area contributed by atoms with Crippen molar-refractivity contribution in [3.63, 3.8) is 0 Å². The van der Waals surface area contributed by atoms with Crippen LogP contribution in [0.15, 0.2) is 131 Å². The van der Waals surface area contributed by atoms with Crippen LogP contribution in [0.4, 0.5) is 0 Å². The van der Waals surface area contributed by atoms with Gasteiger partial charge in [0, 0.05) is 43.7 Å². The number of thioether (sulfide) groups is 1. The summed E-state index contributed by atoms with van der Waals surface area (Å²) in [5.41, 5.74) is -6.28. The van der Waals surface area contributed by atoms with Crippen molar-refractivity contribution < 1.29 is 104 Å². The molecule has 1 atom stereocenters. The first-order valence-corrected chi connectivity index (χ1v) is 31.1. The molecule has 0 aromatic heterocycles. The average Bonchev–Trinajstić information content (AvgIpc) is 1.27. The maximum absolute atomic E-state index is 8.89. The van der Waals surface area contributed by atoms with Crippen LogP contribution in [0.1, 0.15) is 205 Å². The van der Waals surface area contributed by atoms with E-state index >= 15 is 0 Å². The van der Waals surface area contributed by atoms with Gasteiger partial charge < -0.3 is 50.9 Å². The van der Waals surface area contributed by atoms with E-state index in [1.54, 1.807) is 0 Å². The summed E-state index contributed by atoms with van der Waals surface area (Å²) in [6.45, 7) is 0.0751. The van der Waals surface area contributed by atoms with Gasteiger partial charge in [-0.05, 0) is 153 Å². The molecule has 0 bridgehead atoms. The molecule has 5 aromatic carbocycles. The van der Waals surface area contributed by atoms with Crippen LogP contribution in [-0.4, -0.2) is 53.7 Å². The van der Waals surface area contributed by atoms with Gasteiger partial charge in [-0.25, -0.2) is 0 Å². The number of rotatable bonds is 10. The van der Waals surface area contributed by atoms with Gasteiger partial charge in [0.15, 0.2) is 0 Å². The first-order chi connectivity index (χ1) is 50.6. The Morgan fingerprint density at radius 1 is 0.600 bits per heavy atom. The predicted octanol–water partition coefficient (Wildman–Crippen LogP) is 10.1. The number of halogens is 5. The van der Waals surface area contributed by atoms with Gasteiger partial charge in [-0.1, -0.05) is 213 Å². The number of benzene rings is 5. The molecule has 4 aliphatic heterocycles. The van der Waals surface area contributed by atoms with Crippen LogP contribution in [0.2, 0.25) is 0 Å². The monoisotopic (exact) mass is 1470 g/mol. The molecule has 0 spiro atoms. The fraction of sp³-hybridized carbons (Fsp3) is 0.492. The molecular weight excluding hydrogens is 1340 g/mol. The molecule has 1 saturated carbocycles. The topological polar surface area (TPSA) is 12.4 Å². The normalized spacial score (nSPS) is 25.0. The summed E-state index contributed by atoms with van der Waals surface area (Å²) in [4.78, 5) is 0. The fourth-order valence-electron chi connectivity index (χ4n) is 5.77. The summed E-state index contributed by atoms with van der Waals surface area (Å²) in [7, 11) is 2.48. The molecule has 0 amide bonds. The van der Waals surface area contributed by atoms with E-state index in [2.05, 4.69) is 68.4 Å². The van der Waals surface area contributed by atoms with Gasteiger partial charge in [0.05, 0.1) is 37.0 Å². The Hall–Kier alpha value is -0.145. The minimum Gasteiger partial charge on any atom is -1.00 e. The average molecular weight is 1470 g/mol. The van der Waals surface area contributed by atoms with Crippen LogP contribution in [-0.2, 0) is 54.7 Å². The van der Waals surface area contributed by atoms with Crippen LogP contribution >= 0.6 is 56.4 Å². The number of allylic oxidation sites excluding steroid dienone is 1. The van der Waals surface area contributed by atoms with Crippen molar-refractivity contribution in [3.8, 4) is 0 Å². The van der Waals surface area contributed by atoms with E-state index in [0.29, 0.717) is 34.5 Å². The number of nitrogens with zero attached hydrogens (tertiary/aromatic N) is 1. The fourth-order valence-corrected chi connectivity index (χ4v) is 13.4. The Morgan fingerprint density at radius 2 is 0.947 bits per heavy atom.